The minimum absolute atomic E-state index is 0.133. The van der Waals surface area contributed by atoms with Crippen LogP contribution in [0.25, 0.3) is 0 Å². The van der Waals surface area contributed by atoms with Crippen molar-refractivity contribution in [3.8, 4) is 11.5 Å². The molecule has 0 aliphatic rings. The Hall–Kier alpha value is 1.36. The van der Waals surface area contributed by atoms with Crippen LogP contribution in [0.2, 0.25) is 0 Å². The van der Waals surface area contributed by atoms with Gasteiger partial charge in [-0.25, -0.2) is 0 Å². The summed E-state index contributed by atoms with van der Waals surface area (Å²) in [5, 5.41) is 0.827. The lowest BCUT2D eigenvalue weighted by Gasteiger charge is -2.16. The van der Waals surface area contributed by atoms with E-state index in [-0.39, 0.29) is 9.65 Å². The Morgan fingerprint density at radius 3 is 1.44 bits per heavy atom. The van der Waals surface area contributed by atoms with Crippen LogP contribution in [-0.4, -0.2) is 41.4 Å². The predicted octanol–water partition coefficient (Wildman–Crippen LogP) is 12.9. The summed E-state index contributed by atoms with van der Waals surface area (Å²) in [6.45, 7) is 4.83. The average Bonchev–Trinajstić information content (AvgIpc) is 2.92. The van der Waals surface area contributed by atoms with E-state index in [0.29, 0.717) is 19.8 Å². The molecule has 232 valence electrons. The highest BCUT2D eigenvalue weighted by Gasteiger charge is 2.15. The fourth-order valence-corrected chi connectivity index (χ4v) is 7.94. The molecule has 0 fully saturated rings. The van der Waals surface area contributed by atoms with E-state index in [1.807, 2.05) is 0 Å². The highest BCUT2D eigenvalue weighted by molar-refractivity contribution is 9.12. The van der Waals surface area contributed by atoms with Crippen molar-refractivity contribution >= 4 is 112 Å². The van der Waals surface area contributed by atoms with Crippen molar-refractivity contribution in [2.24, 2.45) is 0 Å². The zero-order chi connectivity index (χ0) is 30.0. The van der Waals surface area contributed by atoms with Crippen molar-refractivity contribution < 1.29 is 14.2 Å². The number of benzene rings is 2. The molecule has 0 N–H and O–H groups in total. The molecule has 0 saturated heterocycles. The van der Waals surface area contributed by atoms with Gasteiger partial charge in [0.2, 0.25) is 0 Å². The standard InChI is InChI=1S/C31H41Br7O3/c1-2-3-4-5-6-7-8-9-10-11-12-39-19-25(34)21-41-31-28(37)16-23(17-29(31)38)13-22-14-26(35)30(27(36)15-22)40-20-24(33)18-32/h14-17,24-25H,2-13,18-21H2,1H3. The third-order valence-electron chi connectivity index (χ3n) is 6.45. The number of hydrogen-bond acceptors (Lipinski definition) is 3. The molecule has 0 heterocycles. The average molecular weight is 1020 g/mol. The van der Waals surface area contributed by atoms with Gasteiger partial charge in [-0.1, -0.05) is 113 Å². The van der Waals surface area contributed by atoms with Crippen LogP contribution in [-0.2, 0) is 11.2 Å². The molecule has 2 rings (SSSR count). The van der Waals surface area contributed by atoms with Gasteiger partial charge >= 0.3 is 0 Å². The first-order chi connectivity index (χ1) is 19.7. The number of halogens is 7. The molecule has 0 amide bonds. The second-order valence-corrected chi connectivity index (χ2v) is 16.8. The summed E-state index contributed by atoms with van der Waals surface area (Å²) in [6.07, 6.45) is 14.1. The van der Waals surface area contributed by atoms with Crippen LogP contribution in [0, 0.1) is 0 Å². The molecular weight excluding hydrogens is 980 g/mol. The second kappa shape index (κ2) is 22.8. The van der Waals surface area contributed by atoms with Crippen molar-refractivity contribution in [2.75, 3.05) is 31.8 Å². The molecule has 0 aliphatic carbocycles. The molecule has 2 atom stereocenters. The monoisotopic (exact) mass is 1010 g/mol. The van der Waals surface area contributed by atoms with E-state index in [4.69, 9.17) is 14.2 Å². The van der Waals surface area contributed by atoms with Gasteiger partial charge < -0.3 is 14.2 Å². The molecule has 0 bridgehead atoms. The van der Waals surface area contributed by atoms with Crippen molar-refractivity contribution in [1.29, 1.82) is 0 Å². The van der Waals surface area contributed by atoms with Crippen LogP contribution in [0.15, 0.2) is 42.2 Å². The number of unbranched alkanes of at least 4 members (excludes halogenated alkanes) is 9. The molecule has 0 radical (unpaired) electrons. The Balaban J connectivity index is 1.72. The molecule has 41 heavy (non-hydrogen) atoms. The first kappa shape index (κ1) is 38.5. The van der Waals surface area contributed by atoms with Gasteiger partial charge in [-0.15, -0.1) is 0 Å². The summed E-state index contributed by atoms with van der Waals surface area (Å²) in [6, 6.07) is 8.44. The molecular formula is C31H41Br7O3. The first-order valence-corrected chi connectivity index (χ1v) is 20.5. The van der Waals surface area contributed by atoms with Crippen LogP contribution < -0.4 is 9.47 Å². The Kier molecular flexibility index (Phi) is 21.4. The smallest absolute Gasteiger partial charge is 0.147 e. The normalized spacial score (nSPS) is 12.9. The fourth-order valence-electron chi connectivity index (χ4n) is 4.28. The SMILES string of the molecule is CCCCCCCCCCCCOCC(Br)COc1c(Br)cc(Cc2cc(Br)c(OCC(Br)CBr)c(Br)c2)cc1Br. The van der Waals surface area contributed by atoms with Crippen LogP contribution in [0.4, 0.5) is 0 Å². The number of alkyl halides is 3. The summed E-state index contributed by atoms with van der Waals surface area (Å²) < 4.78 is 21.7. The maximum atomic E-state index is 6.14. The molecule has 2 unspecified atom stereocenters. The van der Waals surface area contributed by atoms with E-state index in [1.165, 1.54) is 68.9 Å². The zero-order valence-electron chi connectivity index (χ0n) is 23.6. The topological polar surface area (TPSA) is 27.7 Å². The lowest BCUT2D eigenvalue weighted by Crippen LogP contribution is -2.18. The first-order valence-electron chi connectivity index (χ1n) is 14.4. The Morgan fingerprint density at radius 1 is 0.585 bits per heavy atom. The Morgan fingerprint density at radius 2 is 1.00 bits per heavy atom. The van der Waals surface area contributed by atoms with Gasteiger partial charge in [0.15, 0.2) is 0 Å². The van der Waals surface area contributed by atoms with Gasteiger partial charge in [0, 0.05) is 11.9 Å². The molecule has 0 saturated carbocycles. The Bertz CT molecular complexity index is 975. The highest BCUT2D eigenvalue weighted by Crippen LogP contribution is 2.38. The van der Waals surface area contributed by atoms with E-state index >= 15 is 0 Å². The maximum Gasteiger partial charge on any atom is 0.147 e. The summed E-state index contributed by atoms with van der Waals surface area (Å²) in [5.41, 5.74) is 2.33. The Labute approximate surface area is 306 Å². The molecule has 2 aromatic rings. The fraction of sp³-hybridized carbons (Fsp3) is 0.613. The number of ether oxygens (including phenoxy) is 3. The van der Waals surface area contributed by atoms with Gasteiger partial charge in [-0.3, -0.25) is 0 Å². The molecule has 3 nitrogen and oxygen atoms in total. The third-order valence-corrected chi connectivity index (χ3v) is 11.6. The quantitative estimate of drug-likeness (QED) is 0.0869. The van der Waals surface area contributed by atoms with Crippen molar-refractivity contribution in [1.82, 2.24) is 0 Å². The largest absolute Gasteiger partial charge is 0.490 e. The highest BCUT2D eigenvalue weighted by atomic mass is 79.9. The van der Waals surface area contributed by atoms with Crippen LogP contribution in [0.1, 0.15) is 82.3 Å². The lowest BCUT2D eigenvalue weighted by molar-refractivity contribution is 0.121. The van der Waals surface area contributed by atoms with Crippen molar-refractivity contribution in [3.05, 3.63) is 53.3 Å². The van der Waals surface area contributed by atoms with E-state index in [0.717, 1.165) is 54.2 Å². The van der Waals surface area contributed by atoms with E-state index in [9.17, 15) is 0 Å². The molecule has 0 spiro atoms. The van der Waals surface area contributed by atoms with E-state index < -0.39 is 0 Å². The van der Waals surface area contributed by atoms with Crippen LogP contribution in [0.3, 0.4) is 0 Å². The summed E-state index contributed by atoms with van der Waals surface area (Å²) >= 11 is 25.5. The third kappa shape index (κ3) is 16.0. The van der Waals surface area contributed by atoms with Gasteiger partial charge in [-0.2, -0.15) is 0 Å². The zero-order valence-corrected chi connectivity index (χ0v) is 34.8. The van der Waals surface area contributed by atoms with E-state index in [2.05, 4.69) is 143 Å². The molecule has 0 aromatic heterocycles. The lowest BCUT2D eigenvalue weighted by atomic mass is 10.0. The molecule has 2 aromatic carbocycles. The van der Waals surface area contributed by atoms with Crippen molar-refractivity contribution in [3.63, 3.8) is 0 Å². The summed E-state index contributed by atoms with van der Waals surface area (Å²) in [4.78, 5) is 0.381. The summed E-state index contributed by atoms with van der Waals surface area (Å²) in [5.74, 6) is 1.61. The van der Waals surface area contributed by atoms with E-state index in [1.54, 1.807) is 0 Å². The van der Waals surface area contributed by atoms with Gasteiger partial charge in [0.1, 0.15) is 24.7 Å². The predicted molar refractivity (Wildman–Crippen MR) is 199 cm³/mol. The van der Waals surface area contributed by atoms with Crippen LogP contribution >= 0.6 is 112 Å². The maximum absolute atomic E-state index is 6.14. The van der Waals surface area contributed by atoms with Gasteiger partial charge in [0.05, 0.1) is 34.2 Å². The molecule has 10 heteroatoms. The van der Waals surface area contributed by atoms with Gasteiger partial charge in [-0.05, 0) is 112 Å². The van der Waals surface area contributed by atoms with Crippen molar-refractivity contribution in [2.45, 2.75) is 87.2 Å². The minimum atomic E-state index is 0.133. The van der Waals surface area contributed by atoms with Gasteiger partial charge in [0.25, 0.3) is 0 Å². The second-order valence-electron chi connectivity index (χ2n) is 10.2. The van der Waals surface area contributed by atoms with Crippen LogP contribution in [0.5, 0.6) is 11.5 Å². The minimum Gasteiger partial charge on any atom is -0.490 e. The molecule has 0 aliphatic heterocycles. The number of rotatable bonds is 22. The number of hydrogen-bond donors (Lipinski definition) is 0. The summed E-state index contributed by atoms with van der Waals surface area (Å²) in [7, 11) is 0.